The van der Waals surface area contributed by atoms with Gasteiger partial charge in [-0.2, -0.15) is 31.3 Å². The highest BCUT2D eigenvalue weighted by atomic mass is 19.4. The molecule has 4 rings (SSSR count). The van der Waals surface area contributed by atoms with Crippen molar-refractivity contribution in [2.75, 3.05) is 18.4 Å². The third kappa shape index (κ3) is 6.23. The summed E-state index contributed by atoms with van der Waals surface area (Å²) in [5, 5.41) is 8.49. The molecule has 2 aromatic carbocycles. The van der Waals surface area contributed by atoms with Crippen LogP contribution in [0.1, 0.15) is 41.1 Å². The minimum atomic E-state index is -4.77. The van der Waals surface area contributed by atoms with Crippen molar-refractivity contribution in [3.8, 4) is 11.4 Å². The van der Waals surface area contributed by atoms with Gasteiger partial charge in [-0.1, -0.05) is 17.3 Å². The van der Waals surface area contributed by atoms with E-state index in [0.29, 0.717) is 25.1 Å². The van der Waals surface area contributed by atoms with Crippen molar-refractivity contribution < 1.29 is 40.5 Å². The van der Waals surface area contributed by atoms with Gasteiger partial charge in [0.25, 0.3) is 5.91 Å². The summed E-state index contributed by atoms with van der Waals surface area (Å²) in [5.41, 5.74) is -0.976. The molecule has 2 N–H and O–H groups in total. The highest BCUT2D eigenvalue weighted by molar-refractivity contribution is 5.96. The molecule has 1 atom stereocenters. The molecule has 0 bridgehead atoms. The molecule has 1 unspecified atom stereocenters. The summed E-state index contributed by atoms with van der Waals surface area (Å²) in [6.07, 6.45) is -7.46. The molecule has 1 aliphatic rings. The molecule has 14 heteroatoms. The first kappa shape index (κ1) is 26.9. The smallest absolute Gasteiger partial charge is 0.350 e. The highest BCUT2D eigenvalue weighted by Gasteiger charge is 2.38. The normalized spacial score (nSPS) is 16.3. The van der Waals surface area contributed by atoms with Gasteiger partial charge in [0.15, 0.2) is 0 Å². The van der Waals surface area contributed by atoms with Crippen molar-refractivity contribution >= 4 is 17.6 Å². The minimum absolute atomic E-state index is 0.0449. The molecule has 8 nitrogen and oxygen atoms in total. The molecule has 202 valence electrons. The van der Waals surface area contributed by atoms with E-state index in [1.807, 2.05) is 0 Å². The van der Waals surface area contributed by atoms with Crippen LogP contribution in [0.4, 0.5) is 36.8 Å². The molecule has 1 fully saturated rings. The maximum atomic E-state index is 13.3. The Morgan fingerprint density at radius 1 is 0.974 bits per heavy atom. The summed E-state index contributed by atoms with van der Waals surface area (Å²) in [6.45, 7) is 0.323. The number of hydrogen-bond acceptors (Lipinski definition) is 5. The maximum Gasteiger partial charge on any atom is 0.471 e. The number of nitrogens with one attached hydrogen (secondary N) is 2. The highest BCUT2D eigenvalue weighted by Crippen LogP contribution is 2.32. The van der Waals surface area contributed by atoms with Gasteiger partial charge >= 0.3 is 24.3 Å². The number of benzene rings is 2. The first-order valence-corrected chi connectivity index (χ1v) is 11.5. The van der Waals surface area contributed by atoms with E-state index in [1.54, 1.807) is 0 Å². The van der Waals surface area contributed by atoms with Crippen LogP contribution in [0.15, 0.2) is 53.1 Å². The number of rotatable bonds is 5. The van der Waals surface area contributed by atoms with Crippen LogP contribution in [0.2, 0.25) is 0 Å². The number of anilines is 1. The van der Waals surface area contributed by atoms with Gasteiger partial charge in [-0.3, -0.25) is 4.79 Å². The van der Waals surface area contributed by atoms with Crippen molar-refractivity contribution in [2.24, 2.45) is 0 Å². The third-order valence-corrected chi connectivity index (χ3v) is 5.93. The fourth-order valence-electron chi connectivity index (χ4n) is 4.07. The fourth-order valence-corrected chi connectivity index (χ4v) is 4.07. The molecule has 1 saturated heterocycles. The van der Waals surface area contributed by atoms with E-state index in [1.165, 1.54) is 41.3 Å². The van der Waals surface area contributed by atoms with Crippen molar-refractivity contribution in [2.45, 2.75) is 37.7 Å². The second-order valence-corrected chi connectivity index (χ2v) is 8.52. The van der Waals surface area contributed by atoms with Crippen LogP contribution >= 0.6 is 0 Å². The predicted octanol–water partition coefficient (Wildman–Crippen LogP) is 5.59. The second kappa shape index (κ2) is 10.7. The van der Waals surface area contributed by atoms with Crippen LogP contribution < -0.4 is 10.6 Å². The van der Waals surface area contributed by atoms with Gasteiger partial charge in [0, 0.05) is 24.3 Å². The minimum Gasteiger partial charge on any atom is -0.350 e. The zero-order valence-electron chi connectivity index (χ0n) is 19.6. The first-order valence-electron chi connectivity index (χ1n) is 11.5. The molecule has 0 radical (unpaired) electrons. The molecule has 0 aliphatic carbocycles. The predicted molar refractivity (Wildman–Crippen MR) is 122 cm³/mol. The van der Waals surface area contributed by atoms with Crippen molar-refractivity contribution in [1.82, 2.24) is 20.4 Å². The fraction of sp³-hybridized carbons (Fsp3) is 0.333. The Morgan fingerprint density at radius 3 is 2.34 bits per heavy atom. The van der Waals surface area contributed by atoms with Crippen LogP contribution in [0, 0.1) is 0 Å². The molecule has 3 aromatic rings. The van der Waals surface area contributed by atoms with Crippen LogP contribution in [0.5, 0.6) is 0 Å². The lowest BCUT2D eigenvalue weighted by atomic mass is 10.0. The van der Waals surface area contributed by atoms with E-state index in [4.69, 9.17) is 0 Å². The molecular weight excluding hydrogens is 520 g/mol. The summed E-state index contributed by atoms with van der Waals surface area (Å²) >= 11 is 0. The number of piperidine rings is 1. The number of carbonyl (C=O) groups excluding carboxylic acids is 2. The van der Waals surface area contributed by atoms with E-state index in [0.717, 1.165) is 18.6 Å². The molecule has 3 amide bonds. The average Bonchev–Trinajstić information content (AvgIpc) is 3.39. The van der Waals surface area contributed by atoms with Gasteiger partial charge in [-0.15, -0.1) is 0 Å². The number of amides is 3. The number of alkyl halides is 6. The standard InChI is InChI=1S/C24H21F6N5O3/c25-23(26,27)18-7-2-1-6-17(18)20(36)31-13-16-5-3-4-12-35(16)22(37)32-15-10-8-14(9-11-15)19-33-21(38-34-19)24(28,29)30/h1-2,6-11,16H,3-5,12-13H2,(H,31,36)(H,32,37). The number of halogens is 6. The van der Waals surface area contributed by atoms with Gasteiger partial charge < -0.3 is 20.1 Å². The summed E-state index contributed by atoms with van der Waals surface area (Å²) < 4.78 is 82.0. The number of hydrogen-bond donors (Lipinski definition) is 2. The summed E-state index contributed by atoms with van der Waals surface area (Å²) in [4.78, 5) is 30.2. The molecular formula is C24H21F6N5O3. The SMILES string of the molecule is O=C(NCC1CCCCN1C(=O)Nc1ccc(-c2noc(C(F)(F)F)n2)cc1)c1ccccc1C(F)(F)F. The molecule has 1 aromatic heterocycles. The third-order valence-electron chi connectivity index (χ3n) is 5.93. The van der Waals surface area contributed by atoms with Crippen LogP contribution in [0.3, 0.4) is 0 Å². The first-order chi connectivity index (χ1) is 17.9. The quantitative estimate of drug-likeness (QED) is 0.410. The maximum absolute atomic E-state index is 13.3. The molecule has 38 heavy (non-hydrogen) atoms. The Balaban J connectivity index is 1.39. The molecule has 0 saturated carbocycles. The zero-order valence-corrected chi connectivity index (χ0v) is 19.6. The van der Waals surface area contributed by atoms with E-state index in [2.05, 4.69) is 25.3 Å². The van der Waals surface area contributed by atoms with Crippen LogP contribution in [-0.4, -0.2) is 46.1 Å². The second-order valence-electron chi connectivity index (χ2n) is 8.52. The van der Waals surface area contributed by atoms with Gasteiger partial charge in [-0.25, -0.2) is 4.79 Å². The lowest BCUT2D eigenvalue weighted by molar-refractivity contribution is -0.159. The largest absolute Gasteiger partial charge is 0.471 e. The number of urea groups is 1. The van der Waals surface area contributed by atoms with E-state index < -0.39 is 47.4 Å². The monoisotopic (exact) mass is 541 g/mol. The Morgan fingerprint density at radius 2 is 1.68 bits per heavy atom. The van der Waals surface area contributed by atoms with Gasteiger partial charge in [0.05, 0.1) is 17.2 Å². The Labute approximate surface area is 212 Å². The Hall–Kier alpha value is -4.10. The van der Waals surface area contributed by atoms with Gasteiger partial charge in [0.1, 0.15) is 0 Å². The van der Waals surface area contributed by atoms with Crippen LogP contribution in [0.25, 0.3) is 11.4 Å². The van der Waals surface area contributed by atoms with Crippen LogP contribution in [-0.2, 0) is 12.4 Å². The summed E-state index contributed by atoms with van der Waals surface area (Å²) in [7, 11) is 0. The number of likely N-dealkylation sites (tertiary alicyclic amines) is 1. The Kier molecular flexibility index (Phi) is 7.60. The van der Waals surface area contributed by atoms with Crippen molar-refractivity contribution in [3.63, 3.8) is 0 Å². The summed E-state index contributed by atoms with van der Waals surface area (Å²) in [5.74, 6) is -2.64. The van der Waals surface area contributed by atoms with Crippen molar-refractivity contribution in [3.05, 3.63) is 65.5 Å². The number of carbonyl (C=O) groups is 2. The van der Waals surface area contributed by atoms with Crippen molar-refractivity contribution in [1.29, 1.82) is 0 Å². The van der Waals surface area contributed by atoms with E-state index in [9.17, 15) is 35.9 Å². The topological polar surface area (TPSA) is 100 Å². The Bertz CT molecular complexity index is 1290. The summed E-state index contributed by atoms with van der Waals surface area (Å²) in [6, 6.07) is 9.22. The van der Waals surface area contributed by atoms with E-state index in [-0.39, 0.29) is 17.9 Å². The lowest BCUT2D eigenvalue weighted by Crippen LogP contribution is -2.51. The number of nitrogens with zero attached hydrogens (tertiary/aromatic N) is 3. The zero-order chi connectivity index (χ0) is 27.5. The molecule has 2 heterocycles. The van der Waals surface area contributed by atoms with Gasteiger partial charge in [0.2, 0.25) is 5.82 Å². The van der Waals surface area contributed by atoms with E-state index >= 15 is 0 Å². The lowest BCUT2D eigenvalue weighted by Gasteiger charge is -2.35. The average molecular weight is 541 g/mol. The molecule has 1 aliphatic heterocycles. The van der Waals surface area contributed by atoms with Gasteiger partial charge in [-0.05, 0) is 55.7 Å². The number of aromatic nitrogens is 2. The molecule has 0 spiro atoms.